The van der Waals surface area contributed by atoms with Crippen molar-refractivity contribution in [2.45, 2.75) is 63.6 Å². The van der Waals surface area contributed by atoms with Gasteiger partial charge in [-0.2, -0.15) is 0 Å². The van der Waals surface area contributed by atoms with E-state index in [0.717, 1.165) is 22.3 Å². The van der Waals surface area contributed by atoms with Gasteiger partial charge >= 0.3 is 7.82 Å². The SMILES string of the molecule is O=P1(O[C@@H]2O[C@H](COCc3ccccc3)[C@@H](OCc3ccccc3)[C@H](OCc3ccccc3)[C@H]2OCc2ccccc2)OCCCO1. The molecule has 6 rings (SSSR count). The Balaban J connectivity index is 1.31. The van der Waals surface area contributed by atoms with Crippen LogP contribution in [0.3, 0.4) is 0 Å². The van der Waals surface area contributed by atoms with E-state index in [0.29, 0.717) is 19.6 Å². The molecule has 47 heavy (non-hydrogen) atoms. The van der Waals surface area contributed by atoms with Crippen molar-refractivity contribution in [2.75, 3.05) is 19.8 Å². The van der Waals surface area contributed by atoms with Gasteiger partial charge in [0.15, 0.2) is 6.29 Å². The second-order valence-electron chi connectivity index (χ2n) is 11.4. The predicted molar refractivity (Wildman–Crippen MR) is 175 cm³/mol. The van der Waals surface area contributed by atoms with E-state index in [9.17, 15) is 4.57 Å². The fourth-order valence-electron chi connectivity index (χ4n) is 5.47. The minimum Gasteiger partial charge on any atom is -0.374 e. The summed E-state index contributed by atoms with van der Waals surface area (Å²) in [6, 6.07) is 39.5. The van der Waals surface area contributed by atoms with Crippen molar-refractivity contribution >= 4 is 7.82 Å². The molecule has 2 aliphatic rings. The Hall–Kier alpha value is -3.21. The minimum atomic E-state index is -3.94. The third kappa shape index (κ3) is 9.90. The van der Waals surface area contributed by atoms with Crippen LogP contribution in [0.25, 0.3) is 0 Å². The molecule has 10 heteroatoms. The van der Waals surface area contributed by atoms with Crippen LogP contribution in [0.15, 0.2) is 121 Å². The number of hydrogen-bond donors (Lipinski definition) is 0. The van der Waals surface area contributed by atoms with Crippen LogP contribution in [-0.2, 0) is 68.2 Å². The molecule has 0 bridgehead atoms. The minimum absolute atomic E-state index is 0.150. The molecular formula is C37H41O9P. The van der Waals surface area contributed by atoms with Crippen molar-refractivity contribution in [1.82, 2.24) is 0 Å². The molecule has 9 nitrogen and oxygen atoms in total. The van der Waals surface area contributed by atoms with Crippen LogP contribution in [0.4, 0.5) is 0 Å². The molecule has 2 saturated heterocycles. The molecule has 0 aliphatic carbocycles. The summed E-state index contributed by atoms with van der Waals surface area (Å²) in [7, 11) is -3.94. The number of phosphoric acid groups is 1. The van der Waals surface area contributed by atoms with Crippen LogP contribution in [0.5, 0.6) is 0 Å². The third-order valence-electron chi connectivity index (χ3n) is 7.86. The first-order valence-electron chi connectivity index (χ1n) is 16.0. The average Bonchev–Trinajstić information content (AvgIpc) is 3.12. The highest BCUT2D eigenvalue weighted by atomic mass is 31.2. The van der Waals surface area contributed by atoms with E-state index in [1.54, 1.807) is 0 Å². The van der Waals surface area contributed by atoms with Gasteiger partial charge in [-0.3, -0.25) is 13.6 Å². The third-order valence-corrected chi connectivity index (χ3v) is 9.32. The second kappa shape index (κ2) is 17.3. The van der Waals surface area contributed by atoms with Crippen LogP contribution < -0.4 is 0 Å². The zero-order valence-corrected chi connectivity index (χ0v) is 27.1. The van der Waals surface area contributed by atoms with Crippen molar-refractivity contribution in [3.8, 4) is 0 Å². The molecular weight excluding hydrogens is 619 g/mol. The number of rotatable bonds is 15. The van der Waals surface area contributed by atoms with Crippen molar-refractivity contribution in [3.63, 3.8) is 0 Å². The lowest BCUT2D eigenvalue weighted by atomic mass is 9.98. The Kier molecular flexibility index (Phi) is 12.4. The van der Waals surface area contributed by atoms with E-state index in [2.05, 4.69) is 0 Å². The quantitative estimate of drug-likeness (QED) is 0.122. The molecule has 0 amide bonds. The summed E-state index contributed by atoms with van der Waals surface area (Å²) in [6.45, 7) is 1.82. The Labute approximate surface area is 276 Å². The van der Waals surface area contributed by atoms with Crippen LogP contribution in [0.2, 0.25) is 0 Å². The lowest BCUT2D eigenvalue weighted by molar-refractivity contribution is -0.313. The lowest BCUT2D eigenvalue weighted by Crippen LogP contribution is -2.61. The number of hydrogen-bond acceptors (Lipinski definition) is 9. The van der Waals surface area contributed by atoms with Gasteiger partial charge in [0.2, 0.25) is 0 Å². The van der Waals surface area contributed by atoms with E-state index in [1.165, 1.54) is 0 Å². The Morgan fingerprint density at radius 2 is 0.979 bits per heavy atom. The molecule has 0 unspecified atom stereocenters. The molecule has 5 atom stereocenters. The molecule has 0 N–H and O–H groups in total. The van der Waals surface area contributed by atoms with Gasteiger partial charge in [-0.15, -0.1) is 0 Å². The van der Waals surface area contributed by atoms with Crippen molar-refractivity contribution in [3.05, 3.63) is 144 Å². The van der Waals surface area contributed by atoms with Crippen LogP contribution in [0.1, 0.15) is 28.7 Å². The molecule has 0 spiro atoms. The zero-order chi connectivity index (χ0) is 32.2. The van der Waals surface area contributed by atoms with Crippen molar-refractivity contribution in [1.29, 1.82) is 0 Å². The Morgan fingerprint density at radius 3 is 1.47 bits per heavy atom. The summed E-state index contributed by atoms with van der Waals surface area (Å²) in [5.74, 6) is 0. The largest absolute Gasteiger partial charge is 0.477 e. The van der Waals surface area contributed by atoms with Crippen molar-refractivity contribution < 1.29 is 41.8 Å². The van der Waals surface area contributed by atoms with Gasteiger partial charge in [0.25, 0.3) is 0 Å². The summed E-state index contributed by atoms with van der Waals surface area (Å²) in [5, 5.41) is 0. The van der Waals surface area contributed by atoms with Crippen LogP contribution in [0, 0.1) is 0 Å². The van der Waals surface area contributed by atoms with Crippen molar-refractivity contribution in [2.24, 2.45) is 0 Å². The molecule has 2 aliphatic heterocycles. The molecule has 0 aromatic heterocycles. The highest BCUT2D eigenvalue weighted by Crippen LogP contribution is 2.54. The fourth-order valence-corrected chi connectivity index (χ4v) is 6.79. The molecule has 4 aromatic rings. The summed E-state index contributed by atoms with van der Waals surface area (Å²) in [5.41, 5.74) is 3.93. The van der Waals surface area contributed by atoms with E-state index in [-0.39, 0.29) is 33.0 Å². The van der Waals surface area contributed by atoms with Gasteiger partial charge in [-0.25, -0.2) is 4.57 Å². The maximum absolute atomic E-state index is 13.6. The molecule has 4 aromatic carbocycles. The highest BCUT2D eigenvalue weighted by molar-refractivity contribution is 7.48. The van der Waals surface area contributed by atoms with Gasteiger partial charge in [-0.05, 0) is 28.7 Å². The molecule has 248 valence electrons. The first kappa shape index (κ1) is 33.7. The van der Waals surface area contributed by atoms with Gasteiger partial charge in [0.05, 0.1) is 46.2 Å². The summed E-state index contributed by atoms with van der Waals surface area (Å²) >= 11 is 0. The maximum Gasteiger partial charge on any atom is 0.477 e. The normalized spacial score (nSPS) is 24.1. The Morgan fingerprint density at radius 1 is 0.553 bits per heavy atom. The molecule has 0 radical (unpaired) electrons. The lowest BCUT2D eigenvalue weighted by Gasteiger charge is -2.46. The van der Waals surface area contributed by atoms with Gasteiger partial charge in [0.1, 0.15) is 24.4 Å². The second-order valence-corrected chi connectivity index (χ2v) is 13.0. The number of phosphoric ester groups is 1. The summed E-state index contributed by atoms with van der Waals surface area (Å²) < 4.78 is 63.3. The molecule has 2 heterocycles. The van der Waals surface area contributed by atoms with E-state index >= 15 is 0 Å². The first-order chi connectivity index (χ1) is 23.2. The maximum atomic E-state index is 13.6. The predicted octanol–water partition coefficient (Wildman–Crippen LogP) is 7.25. The highest BCUT2D eigenvalue weighted by Gasteiger charge is 2.52. The first-order valence-corrected chi connectivity index (χ1v) is 17.4. The average molecular weight is 661 g/mol. The van der Waals surface area contributed by atoms with Gasteiger partial charge < -0.3 is 23.7 Å². The number of ether oxygens (including phenoxy) is 5. The van der Waals surface area contributed by atoms with Crippen LogP contribution in [-0.4, -0.2) is 50.5 Å². The van der Waals surface area contributed by atoms with Gasteiger partial charge in [0, 0.05) is 0 Å². The summed E-state index contributed by atoms with van der Waals surface area (Å²) in [6.07, 6.45) is -3.48. The Bertz CT molecular complexity index is 1500. The van der Waals surface area contributed by atoms with E-state index in [1.807, 2.05) is 121 Å². The fraction of sp³-hybridized carbons (Fsp3) is 0.351. The van der Waals surface area contributed by atoms with E-state index < -0.39 is 38.5 Å². The van der Waals surface area contributed by atoms with E-state index in [4.69, 9.17) is 37.3 Å². The van der Waals surface area contributed by atoms with Gasteiger partial charge in [-0.1, -0.05) is 121 Å². The number of benzene rings is 4. The monoisotopic (exact) mass is 660 g/mol. The van der Waals surface area contributed by atoms with Crippen LogP contribution >= 0.6 is 7.82 Å². The molecule has 2 fully saturated rings. The summed E-state index contributed by atoms with van der Waals surface area (Å²) in [4.78, 5) is 0. The standard InChI is InChI=1S/C37H41O9P/c38-47(43-22-13-23-44-47)46-37-36(42-27-32-20-11-4-12-21-32)35(41-26-31-18-9-3-10-19-31)34(40-25-30-16-7-2-8-17-30)33(45-37)28-39-24-29-14-5-1-6-15-29/h1-12,14-21,33-37H,13,22-28H2/t33-,34-,35+,36-,37+/m1/s1. The zero-order valence-electron chi connectivity index (χ0n) is 26.2. The smallest absolute Gasteiger partial charge is 0.374 e. The molecule has 0 saturated carbocycles. The topological polar surface area (TPSA) is 90.9 Å².